The highest BCUT2D eigenvalue weighted by Crippen LogP contribution is 2.14. The van der Waals surface area contributed by atoms with Crippen LogP contribution < -0.4 is 0 Å². The van der Waals surface area contributed by atoms with Gasteiger partial charge in [-0.3, -0.25) is 0 Å². The Balaban J connectivity index is 4.00. The summed E-state index contributed by atoms with van der Waals surface area (Å²) in [5.41, 5.74) is 0. The lowest BCUT2D eigenvalue weighted by Gasteiger charge is -2.18. The van der Waals surface area contributed by atoms with Gasteiger partial charge in [-0.25, -0.2) is 4.79 Å². The Labute approximate surface area is 77.7 Å². The summed E-state index contributed by atoms with van der Waals surface area (Å²) in [5, 5.41) is 8.70. The number of carbonyl (C=O) groups excluding carboxylic acids is 1. The number of rotatable bonds is 4. The van der Waals surface area contributed by atoms with Crippen LogP contribution in [0.15, 0.2) is 0 Å². The molecule has 4 heteroatoms. The molecule has 0 radical (unpaired) electrons. The molecule has 0 aliphatic heterocycles. The molecule has 0 aromatic rings. The van der Waals surface area contributed by atoms with Crippen LogP contribution in [0, 0.1) is 5.92 Å². The Morgan fingerprint density at radius 1 is 1.58 bits per heavy atom. The van der Waals surface area contributed by atoms with Gasteiger partial charge in [0.2, 0.25) is 0 Å². The number of alkyl halides is 1. The molecule has 0 aromatic heterocycles. The highest BCUT2D eigenvalue weighted by Gasteiger charge is 2.27. The fraction of sp³-hybridized carbons (Fsp3) is 0.875. The van der Waals surface area contributed by atoms with Crippen LogP contribution in [0.3, 0.4) is 0 Å². The molecule has 0 saturated carbocycles. The van der Waals surface area contributed by atoms with E-state index in [2.05, 4.69) is 4.74 Å². The number of hydrogen-bond acceptors (Lipinski definition) is 3. The van der Waals surface area contributed by atoms with Crippen LogP contribution in [0.5, 0.6) is 0 Å². The topological polar surface area (TPSA) is 46.5 Å². The van der Waals surface area contributed by atoms with Gasteiger partial charge in [0.15, 0.2) is 6.10 Å². The van der Waals surface area contributed by atoms with Crippen molar-refractivity contribution >= 4 is 17.6 Å². The molecule has 0 amide bonds. The van der Waals surface area contributed by atoms with Gasteiger partial charge in [-0.1, -0.05) is 13.8 Å². The predicted molar refractivity (Wildman–Crippen MR) is 47.1 cm³/mol. The van der Waals surface area contributed by atoms with Crippen LogP contribution in [-0.2, 0) is 9.53 Å². The molecule has 12 heavy (non-hydrogen) atoms. The monoisotopic (exact) mass is 194 g/mol. The van der Waals surface area contributed by atoms with E-state index in [9.17, 15) is 9.90 Å². The lowest BCUT2D eigenvalue weighted by molar-refractivity contribution is -0.153. The van der Waals surface area contributed by atoms with Crippen molar-refractivity contribution in [1.29, 1.82) is 0 Å². The second-order valence-electron chi connectivity index (χ2n) is 2.89. The number of carbonyl (C=O) groups is 1. The lowest BCUT2D eigenvalue weighted by Crippen LogP contribution is -2.35. The van der Waals surface area contributed by atoms with E-state index in [0.29, 0.717) is 0 Å². The van der Waals surface area contributed by atoms with E-state index in [1.165, 1.54) is 0 Å². The van der Waals surface area contributed by atoms with E-state index in [4.69, 9.17) is 11.6 Å². The molecule has 72 valence electrons. The molecule has 0 unspecified atom stereocenters. The molecule has 0 aromatic carbocycles. The first-order valence-corrected chi connectivity index (χ1v) is 4.43. The van der Waals surface area contributed by atoms with Gasteiger partial charge in [0.25, 0.3) is 0 Å². The Hall–Kier alpha value is -0.280. The Bertz CT molecular complexity index is 147. The van der Waals surface area contributed by atoms with E-state index in [-0.39, 0.29) is 12.5 Å². The quantitative estimate of drug-likeness (QED) is 0.540. The first-order chi connectivity index (χ1) is 5.50. The minimum atomic E-state index is -1.22. The van der Waals surface area contributed by atoms with E-state index in [0.717, 1.165) is 0 Å². The van der Waals surface area contributed by atoms with Gasteiger partial charge in [0.05, 0.1) is 12.0 Å². The molecule has 0 saturated heterocycles. The first-order valence-electron chi connectivity index (χ1n) is 3.99. The van der Waals surface area contributed by atoms with Gasteiger partial charge in [-0.2, -0.15) is 0 Å². The fourth-order valence-electron chi connectivity index (χ4n) is 0.722. The lowest BCUT2D eigenvalue weighted by atomic mass is 10.1. The standard InChI is InChI=1S/C8H15ClO3/c1-4-12-8(11)7(10)6(9)5(2)3/h5-7,10H,4H2,1-3H3/t6-,7+/m0/s1. The Morgan fingerprint density at radius 2 is 2.08 bits per heavy atom. The average molecular weight is 195 g/mol. The summed E-state index contributed by atoms with van der Waals surface area (Å²) in [6.45, 7) is 5.61. The Morgan fingerprint density at radius 3 is 2.42 bits per heavy atom. The molecular formula is C8H15ClO3. The van der Waals surface area contributed by atoms with Crippen molar-refractivity contribution in [2.24, 2.45) is 5.92 Å². The van der Waals surface area contributed by atoms with Crippen molar-refractivity contribution in [2.45, 2.75) is 32.3 Å². The van der Waals surface area contributed by atoms with Crippen LogP contribution in [0.4, 0.5) is 0 Å². The predicted octanol–water partition coefficient (Wildman–Crippen LogP) is 1.17. The summed E-state index contributed by atoms with van der Waals surface area (Å²) < 4.78 is 4.60. The Kier molecular flexibility index (Phi) is 5.25. The molecule has 1 N–H and O–H groups in total. The number of ether oxygens (including phenoxy) is 1. The van der Waals surface area contributed by atoms with Gasteiger partial charge in [0.1, 0.15) is 0 Å². The summed E-state index contributed by atoms with van der Waals surface area (Å²) >= 11 is 5.75. The molecule has 0 spiro atoms. The van der Waals surface area contributed by atoms with Crippen molar-refractivity contribution < 1.29 is 14.6 Å². The van der Waals surface area contributed by atoms with Crippen molar-refractivity contribution in [3.05, 3.63) is 0 Å². The summed E-state index contributed by atoms with van der Waals surface area (Å²) in [4.78, 5) is 10.9. The third-order valence-corrected chi connectivity index (χ3v) is 2.21. The second-order valence-corrected chi connectivity index (χ2v) is 3.39. The highest BCUT2D eigenvalue weighted by atomic mass is 35.5. The zero-order valence-corrected chi connectivity index (χ0v) is 8.34. The number of hydrogen-bond donors (Lipinski definition) is 1. The normalized spacial score (nSPS) is 15.8. The maximum Gasteiger partial charge on any atom is 0.336 e. The number of esters is 1. The summed E-state index contributed by atoms with van der Waals surface area (Å²) in [7, 11) is 0. The van der Waals surface area contributed by atoms with Crippen molar-refractivity contribution in [1.82, 2.24) is 0 Å². The molecule has 0 rings (SSSR count). The molecule has 2 atom stereocenters. The van der Waals surface area contributed by atoms with E-state index in [1.807, 2.05) is 13.8 Å². The minimum Gasteiger partial charge on any atom is -0.464 e. The smallest absolute Gasteiger partial charge is 0.336 e. The van der Waals surface area contributed by atoms with E-state index < -0.39 is 17.5 Å². The minimum absolute atomic E-state index is 0.0473. The molecule has 0 bridgehead atoms. The molecular weight excluding hydrogens is 180 g/mol. The van der Waals surface area contributed by atoms with Crippen LogP contribution in [0.2, 0.25) is 0 Å². The van der Waals surface area contributed by atoms with Crippen molar-refractivity contribution in [3.8, 4) is 0 Å². The van der Waals surface area contributed by atoms with Crippen molar-refractivity contribution in [2.75, 3.05) is 6.61 Å². The SMILES string of the molecule is CCOC(=O)[C@H](O)[C@@H](Cl)C(C)C. The van der Waals surface area contributed by atoms with Gasteiger partial charge in [-0.05, 0) is 12.8 Å². The van der Waals surface area contributed by atoms with Gasteiger partial charge < -0.3 is 9.84 Å². The van der Waals surface area contributed by atoms with E-state index in [1.54, 1.807) is 6.92 Å². The molecule has 0 heterocycles. The van der Waals surface area contributed by atoms with Gasteiger partial charge in [0, 0.05) is 0 Å². The van der Waals surface area contributed by atoms with Crippen LogP contribution in [0.25, 0.3) is 0 Å². The third kappa shape index (κ3) is 3.41. The van der Waals surface area contributed by atoms with E-state index >= 15 is 0 Å². The van der Waals surface area contributed by atoms with Crippen LogP contribution in [0.1, 0.15) is 20.8 Å². The summed E-state index contributed by atoms with van der Waals surface area (Å²) in [6.07, 6.45) is -1.22. The number of halogens is 1. The third-order valence-electron chi connectivity index (χ3n) is 1.47. The van der Waals surface area contributed by atoms with Gasteiger partial charge >= 0.3 is 5.97 Å². The zero-order valence-electron chi connectivity index (χ0n) is 7.58. The maximum atomic E-state index is 10.9. The maximum absolute atomic E-state index is 10.9. The zero-order chi connectivity index (χ0) is 9.72. The highest BCUT2D eigenvalue weighted by molar-refractivity contribution is 6.22. The second kappa shape index (κ2) is 5.38. The van der Waals surface area contributed by atoms with Crippen molar-refractivity contribution in [3.63, 3.8) is 0 Å². The molecule has 0 aliphatic rings. The summed E-state index contributed by atoms with van der Waals surface area (Å²) in [6, 6.07) is 0. The average Bonchev–Trinajstić information content (AvgIpc) is 2.02. The summed E-state index contributed by atoms with van der Waals surface area (Å²) in [5.74, 6) is -0.600. The molecule has 0 aliphatic carbocycles. The van der Waals surface area contributed by atoms with Crippen LogP contribution in [-0.4, -0.2) is 29.2 Å². The fourth-order valence-corrected chi connectivity index (χ4v) is 0.825. The largest absolute Gasteiger partial charge is 0.464 e. The van der Waals surface area contributed by atoms with Crippen LogP contribution >= 0.6 is 11.6 Å². The number of aliphatic hydroxyl groups excluding tert-OH is 1. The molecule has 3 nitrogen and oxygen atoms in total. The number of aliphatic hydroxyl groups is 1. The first kappa shape index (κ1) is 11.7. The van der Waals surface area contributed by atoms with Gasteiger partial charge in [-0.15, -0.1) is 11.6 Å². The molecule has 0 fully saturated rings.